The normalized spacial score (nSPS) is 16.7. The third-order valence-electron chi connectivity index (χ3n) is 5.17. The van der Waals surface area contributed by atoms with Gasteiger partial charge < -0.3 is 15.0 Å². The number of H-pyrrole nitrogens is 1. The van der Waals surface area contributed by atoms with Crippen LogP contribution in [0.4, 0.5) is 10.3 Å². The zero-order valence-corrected chi connectivity index (χ0v) is 16.7. The Morgan fingerprint density at radius 1 is 1.27 bits per heavy atom. The minimum absolute atomic E-state index is 0.161. The highest BCUT2D eigenvalue weighted by Crippen LogP contribution is 2.35. The zero-order chi connectivity index (χ0) is 21.1. The molecule has 2 N–H and O–H groups in total. The van der Waals surface area contributed by atoms with E-state index in [2.05, 4.69) is 49.4 Å². The Bertz CT molecular complexity index is 1010. The lowest BCUT2D eigenvalue weighted by Crippen LogP contribution is -2.53. The van der Waals surface area contributed by atoms with Gasteiger partial charge in [-0.2, -0.15) is 5.10 Å². The minimum Gasteiger partial charge on any atom is -0.428 e. The first-order valence-electron chi connectivity index (χ1n) is 9.68. The van der Waals surface area contributed by atoms with Crippen molar-refractivity contribution in [3.63, 3.8) is 0 Å². The van der Waals surface area contributed by atoms with Crippen molar-refractivity contribution in [1.29, 1.82) is 0 Å². The van der Waals surface area contributed by atoms with Gasteiger partial charge in [-0.3, -0.25) is 9.89 Å². The molecule has 0 amide bonds. The van der Waals surface area contributed by atoms with Crippen LogP contribution in [0.5, 0.6) is 5.75 Å². The van der Waals surface area contributed by atoms with E-state index in [1.165, 1.54) is 24.5 Å². The summed E-state index contributed by atoms with van der Waals surface area (Å²) in [6, 6.07) is 3.04. The Morgan fingerprint density at radius 2 is 2.13 bits per heavy atom. The molecule has 4 rings (SSSR count). The molecular formula is C20H22FN7O2. The first-order chi connectivity index (χ1) is 14.6. The van der Waals surface area contributed by atoms with Crippen LogP contribution in [0.2, 0.25) is 0 Å². The second-order valence-electron chi connectivity index (χ2n) is 7.42. The highest BCUT2D eigenvalue weighted by Gasteiger charge is 2.24. The van der Waals surface area contributed by atoms with Crippen LogP contribution in [0, 0.1) is 11.7 Å². The molecule has 0 unspecified atom stereocenters. The van der Waals surface area contributed by atoms with Gasteiger partial charge in [0.1, 0.15) is 17.3 Å². The number of anilines is 1. The van der Waals surface area contributed by atoms with Crippen LogP contribution in [-0.4, -0.2) is 57.5 Å². The molecule has 1 aromatic carbocycles. The number of nitrogens with zero attached hydrogens (tertiary/aromatic N) is 5. The van der Waals surface area contributed by atoms with Crippen molar-refractivity contribution in [2.75, 3.05) is 24.5 Å². The van der Waals surface area contributed by atoms with Crippen LogP contribution in [-0.2, 0) is 4.79 Å². The maximum Gasteiger partial charge on any atom is 0.298 e. The van der Waals surface area contributed by atoms with Crippen LogP contribution in [0.15, 0.2) is 30.7 Å². The molecule has 2 aromatic heterocycles. The van der Waals surface area contributed by atoms with E-state index in [0.29, 0.717) is 34.7 Å². The van der Waals surface area contributed by atoms with Crippen molar-refractivity contribution in [1.82, 2.24) is 30.7 Å². The minimum atomic E-state index is -0.502. The fourth-order valence-electron chi connectivity index (χ4n) is 3.47. The highest BCUT2D eigenvalue weighted by atomic mass is 19.1. The fraction of sp³-hybridized carbons (Fsp3) is 0.350. The van der Waals surface area contributed by atoms with E-state index >= 15 is 0 Å². The average molecular weight is 411 g/mol. The molecule has 0 spiro atoms. The summed E-state index contributed by atoms with van der Waals surface area (Å²) in [7, 11) is 0. The number of rotatable bonds is 6. The smallest absolute Gasteiger partial charge is 0.298 e. The van der Waals surface area contributed by atoms with E-state index in [-0.39, 0.29) is 17.8 Å². The molecule has 1 saturated heterocycles. The summed E-state index contributed by atoms with van der Waals surface area (Å²) in [6.45, 7) is 7.02. The Kier molecular flexibility index (Phi) is 5.66. The molecule has 10 heteroatoms. The number of piperazine rings is 1. The van der Waals surface area contributed by atoms with E-state index in [9.17, 15) is 9.18 Å². The Labute approximate surface area is 172 Å². The monoisotopic (exact) mass is 411 g/mol. The number of aromatic amines is 1. The lowest BCUT2D eigenvalue weighted by atomic mass is 10.0. The first-order valence-corrected chi connectivity index (χ1v) is 9.68. The summed E-state index contributed by atoms with van der Waals surface area (Å²) < 4.78 is 19.8. The Hall–Kier alpha value is -3.40. The number of hydrogen-bond acceptors (Lipinski definition) is 8. The van der Waals surface area contributed by atoms with Crippen molar-refractivity contribution < 1.29 is 13.9 Å². The van der Waals surface area contributed by atoms with E-state index in [0.717, 1.165) is 19.6 Å². The fourth-order valence-corrected chi connectivity index (χ4v) is 3.47. The topological polar surface area (TPSA) is 109 Å². The van der Waals surface area contributed by atoms with Crippen molar-refractivity contribution in [3.05, 3.63) is 36.5 Å². The summed E-state index contributed by atoms with van der Waals surface area (Å²) >= 11 is 0. The first kappa shape index (κ1) is 19.9. The molecule has 1 aliphatic rings. The van der Waals surface area contributed by atoms with Crippen LogP contribution >= 0.6 is 0 Å². The molecule has 9 nitrogen and oxygen atoms in total. The number of ether oxygens (including phenoxy) is 1. The summed E-state index contributed by atoms with van der Waals surface area (Å²) in [5.41, 5.74) is 1.39. The van der Waals surface area contributed by atoms with Gasteiger partial charge in [0.05, 0.1) is 12.4 Å². The third kappa shape index (κ3) is 3.99. The SMILES string of the molecule is CC(C)[C@H]1CN(c2ncc(-c3cc(F)c(-c4cn[nH]c4)cc3OC=O)nn2)CCN1. The van der Waals surface area contributed by atoms with Crippen LogP contribution in [0.25, 0.3) is 22.4 Å². The van der Waals surface area contributed by atoms with Crippen LogP contribution < -0.4 is 15.0 Å². The number of aromatic nitrogens is 5. The number of halogens is 1. The lowest BCUT2D eigenvalue weighted by molar-refractivity contribution is -0.120. The van der Waals surface area contributed by atoms with Gasteiger partial charge in [-0.25, -0.2) is 9.37 Å². The predicted molar refractivity (Wildman–Crippen MR) is 108 cm³/mol. The number of benzene rings is 1. The molecule has 3 heterocycles. The molecule has 1 fully saturated rings. The van der Waals surface area contributed by atoms with Gasteiger partial charge in [0.2, 0.25) is 5.95 Å². The molecule has 3 aromatic rings. The second kappa shape index (κ2) is 8.54. The van der Waals surface area contributed by atoms with Gasteiger partial charge in [0.25, 0.3) is 6.47 Å². The van der Waals surface area contributed by atoms with E-state index in [4.69, 9.17) is 4.74 Å². The molecule has 1 atom stereocenters. The predicted octanol–water partition coefficient (Wildman–Crippen LogP) is 2.04. The maximum atomic E-state index is 14.7. The standard InChI is InChI=1S/C20H22FN7O2/c1-12(2)18-10-28(4-3-22-18)20-23-9-17(26-27-20)15-5-16(21)14(6-19(15)30-11-29)13-7-24-25-8-13/h5-9,11-12,18,22H,3-4,10H2,1-2H3,(H,24,25)/t18-/m1/s1. The van der Waals surface area contributed by atoms with Crippen LogP contribution in [0.3, 0.4) is 0 Å². The molecule has 1 aliphatic heterocycles. The van der Waals surface area contributed by atoms with Gasteiger partial charge in [-0.15, -0.1) is 10.2 Å². The van der Waals surface area contributed by atoms with Crippen molar-refractivity contribution in [2.24, 2.45) is 5.92 Å². The van der Waals surface area contributed by atoms with E-state index in [1.54, 1.807) is 6.20 Å². The average Bonchev–Trinajstić information content (AvgIpc) is 3.30. The van der Waals surface area contributed by atoms with Crippen LogP contribution in [0.1, 0.15) is 13.8 Å². The second-order valence-corrected chi connectivity index (χ2v) is 7.42. The Balaban J connectivity index is 1.63. The summed E-state index contributed by atoms with van der Waals surface area (Å²) in [5, 5.41) is 18.4. The molecular weight excluding hydrogens is 389 g/mol. The highest BCUT2D eigenvalue weighted by molar-refractivity contribution is 5.75. The van der Waals surface area contributed by atoms with Gasteiger partial charge >= 0.3 is 0 Å². The van der Waals surface area contributed by atoms with Gasteiger partial charge in [-0.05, 0) is 18.1 Å². The van der Waals surface area contributed by atoms with Crippen molar-refractivity contribution in [2.45, 2.75) is 19.9 Å². The largest absolute Gasteiger partial charge is 0.428 e. The number of carbonyl (C=O) groups is 1. The maximum absolute atomic E-state index is 14.7. The van der Waals surface area contributed by atoms with Crippen molar-refractivity contribution in [3.8, 4) is 28.1 Å². The molecule has 0 bridgehead atoms. The molecule has 156 valence electrons. The summed E-state index contributed by atoms with van der Waals surface area (Å²) in [4.78, 5) is 17.5. The quantitative estimate of drug-likeness (QED) is 0.593. The molecule has 0 aliphatic carbocycles. The van der Waals surface area contributed by atoms with Gasteiger partial charge in [0.15, 0.2) is 0 Å². The third-order valence-corrected chi connectivity index (χ3v) is 5.17. The zero-order valence-electron chi connectivity index (χ0n) is 16.7. The number of carbonyl (C=O) groups excluding carboxylic acids is 1. The molecule has 30 heavy (non-hydrogen) atoms. The number of hydrogen-bond donors (Lipinski definition) is 2. The van der Waals surface area contributed by atoms with Gasteiger partial charge in [0, 0.05) is 48.6 Å². The van der Waals surface area contributed by atoms with Crippen molar-refractivity contribution >= 4 is 12.4 Å². The lowest BCUT2D eigenvalue weighted by Gasteiger charge is -2.35. The molecule has 0 radical (unpaired) electrons. The van der Waals surface area contributed by atoms with E-state index in [1.807, 2.05) is 0 Å². The Morgan fingerprint density at radius 3 is 2.80 bits per heavy atom. The molecule has 0 saturated carbocycles. The number of nitrogens with one attached hydrogen (secondary N) is 2. The van der Waals surface area contributed by atoms with Gasteiger partial charge in [-0.1, -0.05) is 13.8 Å². The summed E-state index contributed by atoms with van der Waals surface area (Å²) in [5.74, 6) is 0.657. The van der Waals surface area contributed by atoms with E-state index < -0.39 is 5.82 Å². The summed E-state index contributed by atoms with van der Waals surface area (Å²) in [6.07, 6.45) is 4.55.